The Kier molecular flexibility index (Phi) is 5.19. The first-order chi connectivity index (χ1) is 18.6. The Morgan fingerprint density at radius 1 is 0.868 bits per heavy atom. The number of hydrogen-bond donors (Lipinski definition) is 4. The first-order valence-corrected chi connectivity index (χ1v) is 14.0. The van der Waals surface area contributed by atoms with Crippen molar-refractivity contribution in [3.63, 3.8) is 0 Å². The fraction of sp³-hybridized carbons (Fsp3) is 0.467. The van der Waals surface area contributed by atoms with E-state index in [4.69, 9.17) is 19.4 Å². The van der Waals surface area contributed by atoms with Gasteiger partial charge in [-0.3, -0.25) is 0 Å². The summed E-state index contributed by atoms with van der Waals surface area (Å²) in [4.78, 5) is 16.5. The molecule has 0 amide bonds. The molecule has 0 bridgehead atoms. The largest absolute Gasteiger partial charge is 0.489 e. The summed E-state index contributed by atoms with van der Waals surface area (Å²) in [7, 11) is 0. The van der Waals surface area contributed by atoms with Crippen molar-refractivity contribution in [1.29, 1.82) is 0 Å². The van der Waals surface area contributed by atoms with Crippen molar-refractivity contribution in [2.45, 2.75) is 57.4 Å². The van der Waals surface area contributed by atoms with Gasteiger partial charge in [0.1, 0.15) is 24.0 Å². The highest BCUT2D eigenvalue weighted by molar-refractivity contribution is 5.77. The molecule has 6 atom stereocenters. The fourth-order valence-electron chi connectivity index (χ4n) is 6.96. The maximum absolute atomic E-state index is 6.47. The number of ether oxygens (including phenoxy) is 2. The molecule has 2 fully saturated rings. The molecule has 1 aromatic carbocycles. The lowest BCUT2D eigenvalue weighted by atomic mass is 9.75. The average molecular weight is 511 g/mol. The van der Waals surface area contributed by atoms with Gasteiger partial charge in [0.25, 0.3) is 0 Å². The second kappa shape index (κ2) is 8.66. The maximum Gasteiger partial charge on any atom is 0.124 e. The van der Waals surface area contributed by atoms with E-state index in [1.165, 1.54) is 16.7 Å². The summed E-state index contributed by atoms with van der Waals surface area (Å²) in [5.41, 5.74) is 8.06. The standard InChI is InChI=1S/C30H34N6O2/c1-15-3-21(31-9-15)29-33-11-23(35-29)17-5-19-13-38-26-8-18(6-20-14-37-25(7-17)27(19)28(20)26)24-12-34-30(36-24)22-4-16(2)10-32-22/h5-8,11-12,15-16,21-22,25,27,31-32H,3-4,9-10,13-14H2,1-2H3,(H,33,35)(H,34,36). The molecule has 1 aliphatic carbocycles. The highest BCUT2D eigenvalue weighted by Crippen LogP contribution is 2.50. The molecule has 6 unspecified atom stereocenters. The zero-order chi connectivity index (χ0) is 25.4. The van der Waals surface area contributed by atoms with Crippen LogP contribution in [0.5, 0.6) is 5.75 Å². The van der Waals surface area contributed by atoms with Gasteiger partial charge in [0.2, 0.25) is 0 Å². The molecule has 4 N–H and O–H groups in total. The van der Waals surface area contributed by atoms with Crippen LogP contribution in [0.25, 0.3) is 16.8 Å². The molecule has 0 radical (unpaired) electrons. The molecule has 2 aromatic heterocycles. The summed E-state index contributed by atoms with van der Waals surface area (Å²) in [6, 6.07) is 5.03. The summed E-state index contributed by atoms with van der Waals surface area (Å²) in [6.07, 6.45) is 10.7. The van der Waals surface area contributed by atoms with Gasteiger partial charge in [-0.2, -0.15) is 0 Å². The second-order valence-corrected chi connectivity index (χ2v) is 11.9. The van der Waals surface area contributed by atoms with Gasteiger partial charge in [0.15, 0.2) is 0 Å². The molecule has 8 heteroatoms. The zero-order valence-electron chi connectivity index (χ0n) is 21.9. The van der Waals surface area contributed by atoms with Gasteiger partial charge in [-0.15, -0.1) is 0 Å². The van der Waals surface area contributed by atoms with E-state index >= 15 is 0 Å². The molecule has 8 rings (SSSR count). The van der Waals surface area contributed by atoms with Crippen LogP contribution in [0.3, 0.4) is 0 Å². The van der Waals surface area contributed by atoms with Gasteiger partial charge < -0.3 is 30.1 Å². The minimum absolute atomic E-state index is 0.00318. The van der Waals surface area contributed by atoms with Gasteiger partial charge >= 0.3 is 0 Å². The van der Waals surface area contributed by atoms with Crippen molar-refractivity contribution in [3.8, 4) is 17.0 Å². The van der Waals surface area contributed by atoms with Crippen LogP contribution >= 0.6 is 0 Å². The molecular formula is C30H34N6O2. The van der Waals surface area contributed by atoms with Crippen LogP contribution < -0.4 is 15.4 Å². The van der Waals surface area contributed by atoms with E-state index in [1.54, 1.807) is 0 Å². The van der Waals surface area contributed by atoms with Crippen LogP contribution in [0.4, 0.5) is 0 Å². The van der Waals surface area contributed by atoms with Crippen LogP contribution in [0.1, 0.15) is 73.2 Å². The van der Waals surface area contributed by atoms with Crippen LogP contribution in [0.15, 0.2) is 42.3 Å². The number of nitrogens with zero attached hydrogens (tertiary/aromatic N) is 2. The molecule has 4 aliphatic heterocycles. The number of aromatic amines is 2. The van der Waals surface area contributed by atoms with Crippen molar-refractivity contribution in [1.82, 2.24) is 30.6 Å². The Balaban J connectivity index is 1.08. The lowest BCUT2D eigenvalue weighted by Gasteiger charge is -2.40. The first kappa shape index (κ1) is 22.8. The minimum Gasteiger partial charge on any atom is -0.489 e. The predicted molar refractivity (Wildman–Crippen MR) is 145 cm³/mol. The van der Waals surface area contributed by atoms with Crippen molar-refractivity contribution >= 4 is 5.57 Å². The number of nitrogens with one attached hydrogen (secondary N) is 4. The van der Waals surface area contributed by atoms with Crippen molar-refractivity contribution < 1.29 is 9.47 Å². The third kappa shape index (κ3) is 3.69. The topological polar surface area (TPSA) is 99.9 Å². The quantitative estimate of drug-likeness (QED) is 0.411. The molecule has 0 spiro atoms. The van der Waals surface area contributed by atoms with E-state index < -0.39 is 0 Å². The van der Waals surface area contributed by atoms with Gasteiger partial charge in [0.05, 0.1) is 48.6 Å². The van der Waals surface area contributed by atoms with Gasteiger partial charge in [-0.1, -0.05) is 13.8 Å². The highest BCUT2D eigenvalue weighted by Gasteiger charge is 2.40. The van der Waals surface area contributed by atoms with E-state index in [-0.39, 0.29) is 12.0 Å². The lowest BCUT2D eigenvalue weighted by Crippen LogP contribution is -2.35. The summed E-state index contributed by atoms with van der Waals surface area (Å²) >= 11 is 0. The van der Waals surface area contributed by atoms with E-state index in [0.717, 1.165) is 65.9 Å². The number of H-pyrrole nitrogens is 2. The summed E-state index contributed by atoms with van der Waals surface area (Å²) < 4.78 is 12.9. The Labute approximate surface area is 222 Å². The van der Waals surface area contributed by atoms with Gasteiger partial charge in [0, 0.05) is 17.0 Å². The molecule has 0 saturated carbocycles. The van der Waals surface area contributed by atoms with Crippen LogP contribution in [0, 0.1) is 11.8 Å². The third-order valence-corrected chi connectivity index (χ3v) is 8.95. The predicted octanol–water partition coefficient (Wildman–Crippen LogP) is 4.54. The van der Waals surface area contributed by atoms with Gasteiger partial charge in [-0.05, 0) is 78.8 Å². The Morgan fingerprint density at radius 3 is 2.29 bits per heavy atom. The minimum atomic E-state index is -0.00318. The molecule has 3 aromatic rings. The van der Waals surface area contributed by atoms with Gasteiger partial charge in [-0.25, -0.2) is 9.97 Å². The number of rotatable bonds is 4. The highest BCUT2D eigenvalue weighted by atomic mass is 16.5. The molecule has 196 valence electrons. The Hall–Kier alpha value is -3.20. The normalized spacial score (nSPS) is 31.5. The summed E-state index contributed by atoms with van der Waals surface area (Å²) in [5, 5.41) is 7.14. The maximum atomic E-state index is 6.47. The number of aromatic nitrogens is 4. The number of hydrogen-bond acceptors (Lipinski definition) is 6. The third-order valence-electron chi connectivity index (χ3n) is 8.95. The summed E-state index contributed by atoms with van der Waals surface area (Å²) in [6.45, 7) is 7.79. The molecule has 8 nitrogen and oxygen atoms in total. The van der Waals surface area contributed by atoms with Crippen molar-refractivity contribution in [2.24, 2.45) is 11.8 Å². The summed E-state index contributed by atoms with van der Waals surface area (Å²) in [5.74, 6) is 4.56. The first-order valence-electron chi connectivity index (χ1n) is 14.0. The zero-order valence-corrected chi connectivity index (χ0v) is 21.9. The molecule has 6 heterocycles. The lowest BCUT2D eigenvalue weighted by molar-refractivity contribution is 0.0394. The van der Waals surface area contributed by atoms with Crippen LogP contribution in [-0.4, -0.2) is 45.7 Å². The average Bonchev–Trinajstić information content (AvgIpc) is 3.74. The smallest absolute Gasteiger partial charge is 0.124 e. The fourth-order valence-corrected chi connectivity index (χ4v) is 6.96. The SMILES string of the molecule is CC1CNC(c2ncc(C3=CC4OCc5cc(-c6cnc(C7CC(C)CN7)[nH]6)cc6c5C4C(=C3)CO6)[nH]2)C1. The van der Waals surface area contributed by atoms with E-state index in [1.807, 2.05) is 12.4 Å². The number of benzene rings is 1. The molecule has 5 aliphatic rings. The number of allylic oxidation sites excluding steroid dienone is 2. The molecular weight excluding hydrogens is 476 g/mol. The monoisotopic (exact) mass is 510 g/mol. The Bertz CT molecular complexity index is 1450. The second-order valence-electron chi connectivity index (χ2n) is 11.9. The molecule has 2 saturated heterocycles. The Morgan fingerprint density at radius 2 is 1.58 bits per heavy atom. The van der Waals surface area contributed by atoms with Crippen molar-refractivity contribution in [2.75, 3.05) is 19.7 Å². The van der Waals surface area contributed by atoms with Crippen LogP contribution in [0.2, 0.25) is 0 Å². The van der Waals surface area contributed by atoms with Crippen molar-refractivity contribution in [3.05, 3.63) is 70.7 Å². The van der Waals surface area contributed by atoms with E-state index in [0.29, 0.717) is 37.1 Å². The number of imidazole rings is 2. The van der Waals surface area contributed by atoms with Crippen LogP contribution in [-0.2, 0) is 11.3 Å². The van der Waals surface area contributed by atoms with E-state index in [2.05, 4.69) is 58.7 Å². The molecule has 38 heavy (non-hydrogen) atoms. The van der Waals surface area contributed by atoms with E-state index in [9.17, 15) is 0 Å².